The van der Waals surface area contributed by atoms with E-state index in [0.717, 1.165) is 71.0 Å². The molecule has 5 saturated heterocycles. The number of hydrogen-bond donors (Lipinski definition) is 3. The van der Waals surface area contributed by atoms with E-state index >= 15 is 0 Å². The number of nitrogens with zero attached hydrogens (tertiary/aromatic N) is 4. The molecule has 0 amide bonds. The number of nitrogens with one attached hydrogen (secondary N) is 2. The van der Waals surface area contributed by atoms with Crippen LogP contribution in [0.25, 0.3) is 0 Å². The Balaban J connectivity index is 0.969. The van der Waals surface area contributed by atoms with Gasteiger partial charge in [-0.15, -0.1) is 0 Å². The first kappa shape index (κ1) is 51.5. The highest BCUT2D eigenvalue weighted by Gasteiger charge is 2.55. The zero-order valence-electron chi connectivity index (χ0n) is 42.5. The monoisotopic (exact) mass is 865 g/mol. The Morgan fingerprint density at radius 2 is 0.984 bits per heavy atom. The van der Waals surface area contributed by atoms with Gasteiger partial charge in [0, 0.05) is 70.4 Å². The van der Waals surface area contributed by atoms with Crippen LogP contribution in [-0.4, -0.2) is 160 Å². The van der Waals surface area contributed by atoms with Crippen LogP contribution in [0.5, 0.6) is 0 Å². The van der Waals surface area contributed by atoms with Crippen LogP contribution in [0.1, 0.15) is 181 Å². The molecule has 0 aromatic carbocycles. The summed E-state index contributed by atoms with van der Waals surface area (Å²) in [7, 11) is 3.54. The largest absolute Gasteiger partial charge is 0.389 e. The SMILES string of the molecule is CON1C(C)(C)CC(OCC(O)CN2C(C)(C)CC(NCCCCCCNC3CC(C)(C)N4CC(COC5CC(C)(C)N(OC)C(C)(C)C5)OC4(C)C3)CC2(C)C)CC1(C)C. The number of ether oxygens (including phenoxy) is 3. The van der Waals surface area contributed by atoms with E-state index in [4.69, 9.17) is 23.9 Å². The van der Waals surface area contributed by atoms with E-state index in [0.29, 0.717) is 31.8 Å². The van der Waals surface area contributed by atoms with Gasteiger partial charge in [-0.1, -0.05) is 12.8 Å². The lowest BCUT2D eigenvalue weighted by atomic mass is 9.76. The standard InChI is InChI=1S/C49H96N6O6/c1-42(2)24-36(25-43(3,4)52(42)32-38(56)34-59-39-28-45(7,8)54(57-16)46(9,10)29-39)50-22-20-18-19-21-23-51-37-26-44(5,6)53-33-41(61-49(53,15)27-37)35-60-40-30-47(11,12)55(58-17)48(13,14)31-40/h36-41,50-51,56H,18-35H2,1-17H3. The second kappa shape index (κ2) is 19.4. The minimum Gasteiger partial charge on any atom is -0.389 e. The molecule has 5 rings (SSSR count). The van der Waals surface area contributed by atoms with Gasteiger partial charge in [-0.05, 0) is 175 Å². The molecule has 5 aliphatic rings. The molecule has 5 aliphatic heterocycles. The number of unbranched alkanes of at least 4 members (excludes halogenated alkanes) is 3. The minimum absolute atomic E-state index is 0.0307. The summed E-state index contributed by atoms with van der Waals surface area (Å²) >= 11 is 0. The molecule has 0 aromatic heterocycles. The van der Waals surface area contributed by atoms with Gasteiger partial charge in [-0.25, -0.2) is 0 Å². The topological polar surface area (TPSA) is 103 Å². The van der Waals surface area contributed by atoms with E-state index in [-0.39, 0.29) is 62.8 Å². The maximum atomic E-state index is 11.3. The predicted molar refractivity (Wildman–Crippen MR) is 247 cm³/mol. The first-order valence-electron chi connectivity index (χ1n) is 24.4. The van der Waals surface area contributed by atoms with Gasteiger partial charge in [-0.2, -0.15) is 10.1 Å². The smallest absolute Gasteiger partial charge is 0.121 e. The summed E-state index contributed by atoms with van der Waals surface area (Å²) in [6, 6.07) is 0.919. The van der Waals surface area contributed by atoms with E-state index in [1.807, 2.05) is 0 Å². The number of hydroxylamine groups is 4. The quantitative estimate of drug-likeness (QED) is 0.111. The van der Waals surface area contributed by atoms with Crippen LogP contribution in [-0.2, 0) is 23.9 Å². The molecule has 0 aromatic rings. The first-order valence-corrected chi connectivity index (χ1v) is 24.4. The molecule has 4 atom stereocenters. The first-order chi connectivity index (χ1) is 28.1. The van der Waals surface area contributed by atoms with Crippen LogP contribution >= 0.6 is 0 Å². The maximum Gasteiger partial charge on any atom is 0.121 e. The van der Waals surface area contributed by atoms with Crippen molar-refractivity contribution in [1.82, 2.24) is 30.6 Å². The van der Waals surface area contributed by atoms with E-state index in [1.165, 1.54) is 25.7 Å². The third-order valence-corrected chi connectivity index (χ3v) is 15.3. The second-order valence-corrected chi connectivity index (χ2v) is 24.7. The van der Waals surface area contributed by atoms with Gasteiger partial charge < -0.3 is 39.6 Å². The fraction of sp³-hybridized carbons (Fsp3) is 1.00. The lowest BCUT2D eigenvalue weighted by molar-refractivity contribution is -0.281. The van der Waals surface area contributed by atoms with Crippen molar-refractivity contribution in [3.8, 4) is 0 Å². The minimum atomic E-state index is -0.531. The number of β-amino-alcohol motifs (C(OH)–C–C–N with tert-alkyl or cyclic N) is 1. The molecule has 5 heterocycles. The molecular weight excluding hydrogens is 769 g/mol. The summed E-state index contributed by atoms with van der Waals surface area (Å²) in [4.78, 5) is 16.7. The van der Waals surface area contributed by atoms with Gasteiger partial charge in [0.05, 0.1) is 51.8 Å². The highest BCUT2D eigenvalue weighted by atomic mass is 16.7. The predicted octanol–water partition coefficient (Wildman–Crippen LogP) is 7.67. The average Bonchev–Trinajstić information content (AvgIpc) is 3.44. The van der Waals surface area contributed by atoms with Gasteiger partial charge >= 0.3 is 0 Å². The molecule has 0 aliphatic carbocycles. The molecule has 0 saturated carbocycles. The van der Waals surface area contributed by atoms with Crippen LogP contribution in [0.4, 0.5) is 0 Å². The highest BCUT2D eigenvalue weighted by molar-refractivity contribution is 5.06. The van der Waals surface area contributed by atoms with Gasteiger partial charge in [0.2, 0.25) is 0 Å². The number of piperidine rings is 4. The summed E-state index contributed by atoms with van der Waals surface area (Å²) < 4.78 is 19.9. The summed E-state index contributed by atoms with van der Waals surface area (Å²) in [5.41, 5.74) is -0.723. The molecule has 0 radical (unpaired) electrons. The van der Waals surface area contributed by atoms with Crippen LogP contribution in [0.15, 0.2) is 0 Å². The maximum absolute atomic E-state index is 11.3. The van der Waals surface area contributed by atoms with Crippen molar-refractivity contribution in [3.63, 3.8) is 0 Å². The number of aliphatic hydroxyl groups excluding tert-OH is 1. The van der Waals surface area contributed by atoms with Crippen LogP contribution in [0, 0.1) is 0 Å². The fourth-order valence-corrected chi connectivity index (χ4v) is 13.9. The summed E-state index contributed by atoms with van der Waals surface area (Å²) in [5.74, 6) is 0. The summed E-state index contributed by atoms with van der Waals surface area (Å²) in [5, 5.41) is 23.4. The fourth-order valence-electron chi connectivity index (χ4n) is 13.9. The molecule has 61 heavy (non-hydrogen) atoms. The van der Waals surface area contributed by atoms with Crippen LogP contribution < -0.4 is 10.6 Å². The molecule has 0 bridgehead atoms. The van der Waals surface area contributed by atoms with Crippen molar-refractivity contribution in [2.45, 2.75) is 262 Å². The molecule has 12 nitrogen and oxygen atoms in total. The Hall–Kier alpha value is -0.480. The van der Waals surface area contributed by atoms with E-state index in [2.05, 4.69) is 134 Å². The van der Waals surface area contributed by atoms with Crippen molar-refractivity contribution >= 4 is 0 Å². The normalized spacial score (nSPS) is 32.6. The zero-order valence-corrected chi connectivity index (χ0v) is 42.5. The highest BCUT2D eigenvalue weighted by Crippen LogP contribution is 2.46. The number of likely N-dealkylation sites (tertiary alicyclic amines) is 1. The lowest BCUT2D eigenvalue weighted by Crippen LogP contribution is -2.65. The molecule has 358 valence electrons. The Labute approximate surface area is 374 Å². The lowest BCUT2D eigenvalue weighted by Gasteiger charge is -2.56. The van der Waals surface area contributed by atoms with E-state index in [9.17, 15) is 5.11 Å². The average molecular weight is 865 g/mol. The van der Waals surface area contributed by atoms with Crippen LogP contribution in [0.3, 0.4) is 0 Å². The van der Waals surface area contributed by atoms with E-state index < -0.39 is 6.10 Å². The van der Waals surface area contributed by atoms with Crippen LogP contribution in [0.2, 0.25) is 0 Å². The number of aliphatic hydroxyl groups is 1. The molecule has 0 spiro atoms. The van der Waals surface area contributed by atoms with Crippen molar-refractivity contribution in [2.24, 2.45) is 0 Å². The summed E-state index contributed by atoms with van der Waals surface area (Å²) in [6.07, 6.45) is 12.7. The Morgan fingerprint density at radius 1 is 0.557 bits per heavy atom. The van der Waals surface area contributed by atoms with Crippen molar-refractivity contribution in [3.05, 3.63) is 0 Å². The molecule has 12 heteroatoms. The van der Waals surface area contributed by atoms with Gasteiger partial charge in [-0.3, -0.25) is 9.80 Å². The summed E-state index contributed by atoms with van der Waals surface area (Å²) in [6.45, 7) is 39.0. The molecular formula is C49H96N6O6. The molecule has 3 N–H and O–H groups in total. The number of hydrogen-bond acceptors (Lipinski definition) is 12. The van der Waals surface area contributed by atoms with Gasteiger partial charge in [0.15, 0.2) is 0 Å². The third kappa shape index (κ3) is 12.5. The zero-order chi connectivity index (χ0) is 45.5. The second-order valence-electron chi connectivity index (χ2n) is 24.7. The van der Waals surface area contributed by atoms with E-state index in [1.54, 1.807) is 14.2 Å². The number of fused-ring (bicyclic) bond motifs is 1. The van der Waals surface area contributed by atoms with Crippen molar-refractivity contribution < 1.29 is 29.0 Å². The van der Waals surface area contributed by atoms with Gasteiger partial charge in [0.25, 0.3) is 0 Å². The van der Waals surface area contributed by atoms with Crippen molar-refractivity contribution in [1.29, 1.82) is 0 Å². The molecule has 4 unspecified atom stereocenters. The third-order valence-electron chi connectivity index (χ3n) is 15.3. The Bertz CT molecular complexity index is 1350. The Kier molecular flexibility index (Phi) is 16.4. The Morgan fingerprint density at radius 3 is 1.44 bits per heavy atom. The van der Waals surface area contributed by atoms with Crippen molar-refractivity contribution in [2.75, 3.05) is 53.6 Å². The van der Waals surface area contributed by atoms with Gasteiger partial charge in [0.1, 0.15) is 5.72 Å². The number of rotatable bonds is 19. The molecule has 5 fully saturated rings.